The van der Waals surface area contributed by atoms with Crippen LogP contribution in [0.2, 0.25) is 0 Å². The van der Waals surface area contributed by atoms with Crippen molar-refractivity contribution in [1.29, 1.82) is 0 Å². The quantitative estimate of drug-likeness (QED) is 0.428. The fraction of sp³-hybridized carbons (Fsp3) is 0.632. The second-order valence-electron chi connectivity index (χ2n) is 7.64. The summed E-state index contributed by atoms with van der Waals surface area (Å²) in [6.07, 6.45) is 2.39. The normalized spacial score (nSPS) is 21.4. The minimum absolute atomic E-state index is 0. The van der Waals surface area contributed by atoms with E-state index in [0.29, 0.717) is 12.0 Å². The van der Waals surface area contributed by atoms with Crippen molar-refractivity contribution in [2.24, 2.45) is 10.4 Å². The molecule has 3 rings (SSSR count). The number of guanidine groups is 1. The van der Waals surface area contributed by atoms with Gasteiger partial charge in [-0.1, -0.05) is 13.8 Å². The van der Waals surface area contributed by atoms with E-state index in [1.54, 1.807) is 7.11 Å². The lowest BCUT2D eigenvalue weighted by Gasteiger charge is -2.24. The lowest BCUT2D eigenvalue weighted by atomic mass is 9.93. The Kier molecular flexibility index (Phi) is 6.45. The molecular formula is C19H30IN3O2. The number of aliphatic imine (C=N–C) groups is 1. The van der Waals surface area contributed by atoms with Crippen molar-refractivity contribution in [3.63, 3.8) is 0 Å². The molecule has 5 nitrogen and oxygen atoms in total. The topological polar surface area (TPSA) is 46.1 Å². The van der Waals surface area contributed by atoms with Crippen LogP contribution in [0.15, 0.2) is 17.1 Å². The molecule has 0 aliphatic carbocycles. The van der Waals surface area contributed by atoms with Gasteiger partial charge in [-0.3, -0.25) is 4.99 Å². The Labute approximate surface area is 168 Å². The average Bonchev–Trinajstić information content (AvgIpc) is 3.07. The Balaban J connectivity index is 0.00000225. The van der Waals surface area contributed by atoms with Gasteiger partial charge in [0.1, 0.15) is 17.6 Å². The largest absolute Gasteiger partial charge is 0.496 e. The van der Waals surface area contributed by atoms with E-state index in [1.807, 2.05) is 7.05 Å². The average molecular weight is 459 g/mol. The van der Waals surface area contributed by atoms with Crippen LogP contribution < -0.4 is 14.8 Å². The van der Waals surface area contributed by atoms with Crippen molar-refractivity contribution >= 4 is 29.9 Å². The van der Waals surface area contributed by atoms with Gasteiger partial charge in [0.2, 0.25) is 0 Å². The summed E-state index contributed by atoms with van der Waals surface area (Å²) in [5.41, 5.74) is 2.69. The molecule has 1 saturated heterocycles. The lowest BCUT2D eigenvalue weighted by molar-refractivity contribution is 0.254. The van der Waals surface area contributed by atoms with E-state index >= 15 is 0 Å². The monoisotopic (exact) mass is 459 g/mol. The molecule has 0 amide bonds. The maximum atomic E-state index is 5.88. The molecule has 0 bridgehead atoms. The van der Waals surface area contributed by atoms with E-state index < -0.39 is 0 Å². The molecule has 2 aliphatic rings. The van der Waals surface area contributed by atoms with Gasteiger partial charge in [-0.25, -0.2) is 0 Å². The highest BCUT2D eigenvalue weighted by Crippen LogP contribution is 2.35. The second kappa shape index (κ2) is 8.01. The van der Waals surface area contributed by atoms with Gasteiger partial charge >= 0.3 is 0 Å². The van der Waals surface area contributed by atoms with E-state index in [-0.39, 0.29) is 30.1 Å². The zero-order chi connectivity index (χ0) is 17.3. The standard InChI is InChI=1S/C19H29N3O2.HI/c1-13-8-14-9-16(23-5)15(10-17(14)24-13)11-21-18(20-4)22-7-6-19(2,3)12-22;/h9-10,13H,6-8,11-12H2,1-5H3,(H,20,21);1H. The maximum Gasteiger partial charge on any atom is 0.193 e. The highest BCUT2D eigenvalue weighted by atomic mass is 127. The van der Waals surface area contributed by atoms with E-state index in [2.05, 4.69) is 48.1 Å². The van der Waals surface area contributed by atoms with Gasteiger partial charge in [0.15, 0.2) is 5.96 Å². The van der Waals surface area contributed by atoms with Gasteiger partial charge < -0.3 is 19.7 Å². The van der Waals surface area contributed by atoms with Crippen LogP contribution in [0.5, 0.6) is 11.5 Å². The first-order valence-electron chi connectivity index (χ1n) is 8.74. The van der Waals surface area contributed by atoms with E-state index in [4.69, 9.17) is 9.47 Å². The minimum atomic E-state index is 0. The fourth-order valence-corrected chi connectivity index (χ4v) is 3.61. The molecule has 1 fully saturated rings. The number of hydrogen-bond donors (Lipinski definition) is 1. The third-order valence-corrected chi connectivity index (χ3v) is 4.92. The van der Waals surface area contributed by atoms with Crippen LogP contribution in [0.3, 0.4) is 0 Å². The van der Waals surface area contributed by atoms with Gasteiger partial charge in [0.25, 0.3) is 0 Å². The molecular weight excluding hydrogens is 429 g/mol. The van der Waals surface area contributed by atoms with Gasteiger partial charge in [-0.05, 0) is 30.9 Å². The Morgan fingerprint density at radius 3 is 2.80 bits per heavy atom. The predicted molar refractivity (Wildman–Crippen MR) is 112 cm³/mol. The molecule has 1 aromatic carbocycles. The number of methoxy groups -OCH3 is 1. The van der Waals surface area contributed by atoms with Crippen LogP contribution in [0.1, 0.15) is 38.3 Å². The zero-order valence-corrected chi connectivity index (χ0v) is 18.2. The van der Waals surface area contributed by atoms with Crippen LogP contribution in [0.4, 0.5) is 0 Å². The highest BCUT2D eigenvalue weighted by molar-refractivity contribution is 14.0. The van der Waals surface area contributed by atoms with E-state index in [1.165, 1.54) is 12.0 Å². The molecule has 1 N–H and O–H groups in total. The van der Waals surface area contributed by atoms with E-state index in [9.17, 15) is 0 Å². The number of fused-ring (bicyclic) bond motifs is 1. The molecule has 0 aromatic heterocycles. The Hall–Kier alpha value is -1.18. The van der Waals surface area contributed by atoms with Crippen LogP contribution in [-0.4, -0.2) is 44.2 Å². The highest BCUT2D eigenvalue weighted by Gasteiger charge is 2.31. The second-order valence-corrected chi connectivity index (χ2v) is 7.64. The summed E-state index contributed by atoms with van der Waals surface area (Å²) in [7, 11) is 3.57. The van der Waals surface area contributed by atoms with Gasteiger partial charge in [0.05, 0.1) is 7.11 Å². The van der Waals surface area contributed by atoms with Crippen LogP contribution in [0, 0.1) is 5.41 Å². The molecule has 2 heterocycles. The fourth-order valence-electron chi connectivity index (χ4n) is 3.61. The summed E-state index contributed by atoms with van der Waals surface area (Å²) in [6, 6.07) is 4.21. The predicted octanol–water partition coefficient (Wildman–Crippen LogP) is 3.44. The summed E-state index contributed by atoms with van der Waals surface area (Å²) in [6.45, 7) is 9.48. The maximum absolute atomic E-state index is 5.88. The summed E-state index contributed by atoms with van der Waals surface area (Å²) in [5.74, 6) is 2.85. The number of rotatable bonds is 3. The van der Waals surface area contributed by atoms with Gasteiger partial charge in [0, 0.05) is 44.2 Å². The van der Waals surface area contributed by atoms with Crippen molar-refractivity contribution in [3.05, 3.63) is 23.3 Å². The number of ether oxygens (including phenoxy) is 2. The Bertz CT molecular complexity index is 646. The van der Waals surface area contributed by atoms with E-state index in [0.717, 1.165) is 42.5 Å². The molecule has 1 aromatic rings. The van der Waals surface area contributed by atoms with Crippen LogP contribution >= 0.6 is 24.0 Å². The van der Waals surface area contributed by atoms with Crippen LogP contribution in [-0.2, 0) is 13.0 Å². The number of likely N-dealkylation sites (tertiary alicyclic amines) is 1. The zero-order valence-electron chi connectivity index (χ0n) is 15.9. The van der Waals surface area contributed by atoms with Crippen molar-refractivity contribution in [2.45, 2.75) is 46.3 Å². The number of hydrogen-bond acceptors (Lipinski definition) is 3. The Morgan fingerprint density at radius 1 is 1.44 bits per heavy atom. The van der Waals surface area contributed by atoms with Crippen molar-refractivity contribution in [2.75, 3.05) is 27.2 Å². The molecule has 0 spiro atoms. The first kappa shape index (κ1) is 20.1. The van der Waals surface area contributed by atoms with Crippen LogP contribution in [0.25, 0.3) is 0 Å². The first-order valence-corrected chi connectivity index (χ1v) is 8.74. The van der Waals surface area contributed by atoms with Crippen molar-refractivity contribution in [1.82, 2.24) is 10.2 Å². The SMILES string of the molecule is CN=C(NCc1cc2c(cc1OC)CC(C)O2)N1CCC(C)(C)C1.I. The molecule has 1 unspecified atom stereocenters. The lowest BCUT2D eigenvalue weighted by Crippen LogP contribution is -2.40. The third kappa shape index (κ3) is 4.51. The number of nitrogens with one attached hydrogen (secondary N) is 1. The molecule has 140 valence electrons. The number of halogens is 1. The third-order valence-electron chi connectivity index (χ3n) is 4.92. The molecule has 0 saturated carbocycles. The van der Waals surface area contributed by atoms with Gasteiger partial charge in [-0.2, -0.15) is 0 Å². The molecule has 25 heavy (non-hydrogen) atoms. The minimum Gasteiger partial charge on any atom is -0.496 e. The molecule has 0 radical (unpaired) electrons. The van der Waals surface area contributed by atoms with Crippen molar-refractivity contribution < 1.29 is 9.47 Å². The first-order chi connectivity index (χ1) is 11.4. The summed E-state index contributed by atoms with van der Waals surface area (Å²) < 4.78 is 11.5. The Morgan fingerprint density at radius 2 is 2.20 bits per heavy atom. The summed E-state index contributed by atoms with van der Waals surface area (Å²) >= 11 is 0. The molecule has 6 heteroatoms. The van der Waals surface area contributed by atoms with Crippen molar-refractivity contribution in [3.8, 4) is 11.5 Å². The molecule has 1 atom stereocenters. The number of nitrogens with zero attached hydrogens (tertiary/aromatic N) is 2. The smallest absolute Gasteiger partial charge is 0.193 e. The van der Waals surface area contributed by atoms with Gasteiger partial charge in [-0.15, -0.1) is 24.0 Å². The summed E-state index contributed by atoms with van der Waals surface area (Å²) in [4.78, 5) is 6.78. The summed E-state index contributed by atoms with van der Waals surface area (Å²) in [5, 5.41) is 3.48. The number of benzene rings is 1. The molecule has 2 aliphatic heterocycles.